The fourth-order valence-electron chi connectivity index (χ4n) is 7.10. The number of benzene rings is 4. The van der Waals surface area contributed by atoms with E-state index in [1.807, 2.05) is 24.3 Å². The van der Waals surface area contributed by atoms with Gasteiger partial charge in [0.25, 0.3) is 0 Å². The summed E-state index contributed by atoms with van der Waals surface area (Å²) in [5.41, 5.74) is 5.26. The van der Waals surface area contributed by atoms with E-state index in [4.69, 9.17) is 56.8 Å². The van der Waals surface area contributed by atoms with E-state index in [1.54, 1.807) is 42.5 Å². The molecule has 23 nitrogen and oxygen atoms in total. The third-order valence-corrected chi connectivity index (χ3v) is 12.4. The van der Waals surface area contributed by atoms with Crippen LogP contribution in [0.3, 0.4) is 0 Å². The van der Waals surface area contributed by atoms with Crippen molar-refractivity contribution in [2.24, 2.45) is 5.10 Å². The fourth-order valence-corrected chi connectivity index (χ4v) is 7.91. The largest absolute Gasteiger partial charge is 0.490 e. The van der Waals surface area contributed by atoms with Crippen LogP contribution in [0, 0.1) is 0 Å². The van der Waals surface area contributed by atoms with Crippen molar-refractivity contribution < 1.29 is 95.2 Å². The number of carbonyl (C=O) groups excluding carboxylic acids is 8. The molecule has 0 aliphatic carbocycles. The summed E-state index contributed by atoms with van der Waals surface area (Å²) in [6.45, 7) is 13.5. The van der Waals surface area contributed by atoms with Crippen LogP contribution in [0.2, 0.25) is 0 Å². The second-order valence-corrected chi connectivity index (χ2v) is 19.0. The number of hydrogen-bond acceptors (Lipinski definition) is 24. The van der Waals surface area contributed by atoms with E-state index >= 15 is 0 Å². The first kappa shape index (κ1) is 67.3. The van der Waals surface area contributed by atoms with Gasteiger partial charge in [-0.2, -0.15) is 5.10 Å². The van der Waals surface area contributed by atoms with E-state index in [0.717, 1.165) is 34.5 Å². The summed E-state index contributed by atoms with van der Waals surface area (Å²) >= 11 is 1.40. The Morgan fingerprint density at radius 2 is 1.02 bits per heavy atom. The standard InChI is InChI=1S/C62H67N3O20S/c1-5-54(66)76-32-13-11-30-74-39-49(83-58(70)28-35-78-56(68)7-3)41-81-47-22-18-44(19-23-47)60(72)80-34-27-43-17-26-52(46(37-43)38-63-65-62-64-51-15-9-10-16-53(51)86-62)85-61(73)45-20-24-48(25-21-45)82-42-50(84-59(71)29-36-79-57(69)8-4)40-75-31-12-14-33-77-55(67)6-2/h5-10,15-26,37-38,49-50H,1-4,11-14,27-36,39-42H2,(H,64,65)/b63-38+. The van der Waals surface area contributed by atoms with Crippen LogP contribution in [-0.2, 0) is 77.8 Å². The smallest absolute Gasteiger partial charge is 0.343 e. The van der Waals surface area contributed by atoms with Crippen LogP contribution in [0.4, 0.5) is 5.13 Å². The number of anilines is 1. The Hall–Kier alpha value is -9.52. The summed E-state index contributed by atoms with van der Waals surface area (Å²) in [7, 11) is 0. The van der Waals surface area contributed by atoms with Gasteiger partial charge in [-0.25, -0.2) is 33.8 Å². The van der Waals surface area contributed by atoms with Gasteiger partial charge in [-0.3, -0.25) is 15.0 Å². The molecule has 1 aromatic heterocycles. The topological polar surface area (TPSA) is 285 Å². The van der Waals surface area contributed by atoms with Gasteiger partial charge in [-0.1, -0.05) is 55.9 Å². The van der Waals surface area contributed by atoms with Gasteiger partial charge in [0.1, 0.15) is 43.7 Å². The molecule has 0 aliphatic rings. The van der Waals surface area contributed by atoms with E-state index in [-0.39, 0.29) is 109 Å². The molecule has 0 fully saturated rings. The monoisotopic (exact) mass is 1210 g/mol. The van der Waals surface area contributed by atoms with Crippen LogP contribution in [0.1, 0.15) is 70.4 Å². The lowest BCUT2D eigenvalue weighted by atomic mass is 10.1. The van der Waals surface area contributed by atoms with Crippen molar-refractivity contribution in [2.45, 2.75) is 57.2 Å². The minimum atomic E-state index is -0.871. The van der Waals surface area contributed by atoms with E-state index in [1.165, 1.54) is 41.8 Å². The lowest BCUT2D eigenvalue weighted by Crippen LogP contribution is -2.30. The van der Waals surface area contributed by atoms with Crippen LogP contribution >= 0.6 is 11.3 Å². The normalized spacial score (nSPS) is 11.4. The Bertz CT molecular complexity index is 3070. The van der Waals surface area contributed by atoms with Crippen molar-refractivity contribution in [1.82, 2.24) is 4.98 Å². The Labute approximate surface area is 500 Å². The highest BCUT2D eigenvalue weighted by Crippen LogP contribution is 2.26. The number of aromatic nitrogens is 1. The predicted octanol–water partition coefficient (Wildman–Crippen LogP) is 8.23. The molecule has 0 spiro atoms. The van der Waals surface area contributed by atoms with Gasteiger partial charge in [-0.15, -0.1) is 0 Å². The fraction of sp³-hybridized carbons (Fsp3) is 0.323. The average Bonchev–Trinajstić information content (AvgIpc) is 3.65. The van der Waals surface area contributed by atoms with Crippen molar-refractivity contribution in [3.05, 3.63) is 164 Å². The number of fused-ring (bicyclic) bond motifs is 1. The highest BCUT2D eigenvalue weighted by molar-refractivity contribution is 7.22. The number of unbranched alkanes of at least 4 members (excludes halogenated alkanes) is 2. The molecule has 4 aromatic carbocycles. The highest BCUT2D eigenvalue weighted by Gasteiger charge is 2.20. The molecule has 456 valence electrons. The summed E-state index contributed by atoms with van der Waals surface area (Å²) in [5, 5.41) is 4.92. The number of thiazole rings is 1. The number of para-hydroxylation sites is 1. The number of rotatable bonds is 41. The van der Waals surface area contributed by atoms with E-state index in [0.29, 0.717) is 53.4 Å². The number of carbonyl (C=O) groups is 8. The maximum absolute atomic E-state index is 13.6. The molecule has 24 heteroatoms. The molecule has 1 N–H and O–H groups in total. The van der Waals surface area contributed by atoms with E-state index in [2.05, 4.69) is 41.8 Å². The molecule has 86 heavy (non-hydrogen) atoms. The van der Waals surface area contributed by atoms with Crippen LogP contribution in [0.25, 0.3) is 10.2 Å². The van der Waals surface area contributed by atoms with Crippen molar-refractivity contribution in [3.63, 3.8) is 0 Å². The molecule has 0 aliphatic heterocycles. The maximum Gasteiger partial charge on any atom is 0.343 e. The first-order chi connectivity index (χ1) is 41.7. The lowest BCUT2D eigenvalue weighted by Gasteiger charge is -2.19. The summed E-state index contributed by atoms with van der Waals surface area (Å²) in [5.74, 6) is -4.18. The molecule has 0 saturated heterocycles. The number of hydrazone groups is 1. The van der Waals surface area contributed by atoms with Crippen molar-refractivity contribution in [3.8, 4) is 17.2 Å². The Morgan fingerprint density at radius 3 is 1.53 bits per heavy atom. The Balaban J connectivity index is 1.17. The first-order valence-corrected chi connectivity index (χ1v) is 27.9. The van der Waals surface area contributed by atoms with Gasteiger partial charge >= 0.3 is 47.8 Å². The van der Waals surface area contributed by atoms with Crippen LogP contribution in [-0.4, -0.2) is 144 Å². The number of ether oxygens (including phenoxy) is 12. The zero-order valence-corrected chi connectivity index (χ0v) is 48.0. The second kappa shape index (κ2) is 38.4. The third kappa shape index (κ3) is 26.0. The number of esters is 8. The first-order valence-electron chi connectivity index (χ1n) is 27.1. The second-order valence-electron chi connectivity index (χ2n) is 17.9. The van der Waals surface area contributed by atoms with Gasteiger partial charge < -0.3 is 56.8 Å². The molecule has 0 bridgehead atoms. The summed E-state index contributed by atoms with van der Waals surface area (Å²) in [6.07, 6.45) is 5.86. The van der Waals surface area contributed by atoms with Crippen LogP contribution in [0.15, 0.2) is 147 Å². The van der Waals surface area contributed by atoms with Gasteiger partial charge in [0.2, 0.25) is 5.13 Å². The van der Waals surface area contributed by atoms with Gasteiger partial charge in [-0.05, 0) is 104 Å². The number of nitrogens with one attached hydrogen (secondary N) is 1. The maximum atomic E-state index is 13.6. The molecular weight excluding hydrogens is 1140 g/mol. The molecular formula is C62H67N3O20S. The molecule has 5 aromatic rings. The minimum absolute atomic E-state index is 0.0228. The van der Waals surface area contributed by atoms with Crippen LogP contribution < -0.4 is 19.6 Å². The molecule has 0 radical (unpaired) electrons. The van der Waals surface area contributed by atoms with Gasteiger partial charge in [0.05, 0.1) is 73.4 Å². The Morgan fingerprint density at radius 1 is 0.535 bits per heavy atom. The highest BCUT2D eigenvalue weighted by atomic mass is 32.1. The number of hydrogen-bond donors (Lipinski definition) is 1. The minimum Gasteiger partial charge on any atom is -0.490 e. The molecule has 2 atom stereocenters. The molecule has 2 unspecified atom stereocenters. The van der Waals surface area contributed by atoms with Crippen molar-refractivity contribution in [1.29, 1.82) is 0 Å². The zero-order chi connectivity index (χ0) is 61.7. The molecule has 0 amide bonds. The van der Waals surface area contributed by atoms with E-state index in [9.17, 15) is 38.4 Å². The summed E-state index contributed by atoms with van der Waals surface area (Å²) in [4.78, 5) is 102. The van der Waals surface area contributed by atoms with Crippen molar-refractivity contribution >= 4 is 80.7 Å². The molecule has 0 saturated carbocycles. The zero-order valence-electron chi connectivity index (χ0n) is 47.2. The quantitative estimate of drug-likeness (QED) is 0.00733. The molecule has 1 heterocycles. The number of nitrogens with zero attached hydrogens (tertiary/aromatic N) is 2. The van der Waals surface area contributed by atoms with E-state index < -0.39 is 60.0 Å². The Kier molecular flexibility index (Phi) is 30.0. The summed E-state index contributed by atoms with van der Waals surface area (Å²) in [6, 6.07) is 24.9. The van der Waals surface area contributed by atoms with Crippen molar-refractivity contribution in [2.75, 3.05) is 78.1 Å². The summed E-state index contributed by atoms with van der Waals surface area (Å²) < 4.78 is 66.4. The molecule has 5 rings (SSSR count). The third-order valence-electron chi connectivity index (χ3n) is 11.4. The van der Waals surface area contributed by atoms with Gasteiger partial charge in [0, 0.05) is 49.5 Å². The average molecular weight is 1210 g/mol. The van der Waals surface area contributed by atoms with Crippen LogP contribution in [0.5, 0.6) is 17.2 Å². The lowest BCUT2D eigenvalue weighted by molar-refractivity contribution is -0.157. The van der Waals surface area contributed by atoms with Gasteiger partial charge in [0.15, 0.2) is 12.2 Å². The SMILES string of the molecule is C=CC(=O)OCCCCOCC(COc1ccc(C(=O)OCCc2ccc(OC(=O)c3ccc(OCC(COCCCCOC(=O)C=C)OC(=O)CCOC(=O)C=C)cc3)c(/C=N/Nc3nc4ccccc4s3)c2)cc1)OC(=O)CCOC(=O)C=C. The predicted molar refractivity (Wildman–Crippen MR) is 314 cm³/mol.